The van der Waals surface area contributed by atoms with Crippen molar-refractivity contribution in [2.24, 2.45) is 0 Å². The van der Waals surface area contributed by atoms with Crippen LogP contribution in [0.25, 0.3) is 0 Å². The topological polar surface area (TPSA) is 89.9 Å². The quantitative estimate of drug-likeness (QED) is 0.726. The van der Waals surface area contributed by atoms with Crippen LogP contribution in [0.1, 0.15) is 0 Å². The molecule has 1 aromatic rings. The van der Waals surface area contributed by atoms with E-state index in [9.17, 15) is 17.9 Å². The molecule has 0 saturated heterocycles. The van der Waals surface area contributed by atoms with Crippen LogP contribution in [0.3, 0.4) is 0 Å². The van der Waals surface area contributed by atoms with Gasteiger partial charge in [-0.05, 0) is 12.1 Å². The second-order valence-electron chi connectivity index (χ2n) is 3.17. The molecule has 2 rings (SSSR count). The molecule has 0 aliphatic carbocycles. The van der Waals surface area contributed by atoms with Gasteiger partial charge in [-0.25, -0.2) is 13.4 Å². The van der Waals surface area contributed by atoms with E-state index in [1.807, 2.05) is 0 Å². The van der Waals surface area contributed by atoms with E-state index in [1.165, 1.54) is 0 Å². The van der Waals surface area contributed by atoms with Gasteiger partial charge in [0, 0.05) is 4.47 Å². The third kappa shape index (κ3) is 2.03. The summed E-state index contributed by atoms with van der Waals surface area (Å²) in [5.74, 6) is -2.19. The van der Waals surface area contributed by atoms with Gasteiger partial charge in [-0.3, -0.25) is 0 Å². The Balaban J connectivity index is 2.63. The highest BCUT2D eigenvalue weighted by molar-refractivity contribution is 9.10. The summed E-state index contributed by atoms with van der Waals surface area (Å²) in [5, 5.41) is 18.6. The van der Waals surface area contributed by atoms with E-state index >= 15 is 0 Å². The van der Waals surface area contributed by atoms with Crippen LogP contribution in [0.5, 0.6) is 5.75 Å². The molecule has 1 heterocycles. The lowest BCUT2D eigenvalue weighted by molar-refractivity contribution is 0.392. The summed E-state index contributed by atoms with van der Waals surface area (Å²) in [6.07, 6.45) is 0.751. The van der Waals surface area contributed by atoms with Crippen LogP contribution in [0.4, 0.5) is 10.1 Å². The van der Waals surface area contributed by atoms with Crippen molar-refractivity contribution in [3.8, 4) is 5.75 Å². The van der Waals surface area contributed by atoms with Gasteiger partial charge in [-0.2, -0.15) is 8.42 Å². The Morgan fingerprint density at radius 2 is 2.00 bits per heavy atom. The predicted molar refractivity (Wildman–Crippen MR) is 61.0 cm³/mol. The molecule has 92 valence electrons. The number of nitrogens with one attached hydrogen (secondary N) is 1. The van der Waals surface area contributed by atoms with E-state index < -0.39 is 33.3 Å². The van der Waals surface area contributed by atoms with Gasteiger partial charge in [0.1, 0.15) is 11.4 Å². The van der Waals surface area contributed by atoms with Crippen LogP contribution in [0.2, 0.25) is 0 Å². The molecule has 0 spiro atoms. The summed E-state index contributed by atoms with van der Waals surface area (Å²) < 4.78 is 39.0. The number of rotatable bonds is 1. The molecule has 0 radical (unpaired) electrons. The number of anilines is 1. The Morgan fingerprint density at radius 3 is 2.47 bits per heavy atom. The van der Waals surface area contributed by atoms with Gasteiger partial charge in [0.05, 0.1) is 6.20 Å². The van der Waals surface area contributed by atoms with Crippen LogP contribution in [-0.4, -0.2) is 18.6 Å². The highest BCUT2D eigenvalue weighted by atomic mass is 79.9. The lowest BCUT2D eigenvalue weighted by atomic mass is 10.3. The van der Waals surface area contributed by atoms with Crippen molar-refractivity contribution >= 4 is 31.8 Å². The summed E-state index contributed by atoms with van der Waals surface area (Å²) in [6, 6.07) is 2.13. The Morgan fingerprint density at radius 1 is 1.35 bits per heavy atom. The summed E-state index contributed by atoms with van der Waals surface area (Å²) >= 11 is 2.95. The maximum atomic E-state index is 13.6. The van der Waals surface area contributed by atoms with E-state index in [-0.39, 0.29) is 4.47 Å². The van der Waals surface area contributed by atoms with Crippen molar-refractivity contribution in [2.75, 3.05) is 4.31 Å². The maximum Gasteiger partial charge on any atom is 0.330 e. The van der Waals surface area contributed by atoms with E-state index in [0.29, 0.717) is 4.31 Å². The summed E-state index contributed by atoms with van der Waals surface area (Å²) in [4.78, 5) is 0. The second-order valence-corrected chi connectivity index (χ2v) is 5.64. The fourth-order valence-corrected chi connectivity index (χ4v) is 2.84. The van der Waals surface area contributed by atoms with Crippen LogP contribution in [0, 0.1) is 5.82 Å². The smallest absolute Gasteiger partial charge is 0.330 e. The van der Waals surface area contributed by atoms with Gasteiger partial charge in [0.15, 0.2) is 5.82 Å². The Hall–Kier alpha value is -1.48. The predicted octanol–water partition coefficient (Wildman–Crippen LogP) is 1.31. The number of phenolic OH excluding ortho intramolecular Hbond substituents is 1. The molecule has 1 aliphatic heterocycles. The SMILES string of the molecule is O=S1(=O)NC(O)=CN1c1c(O)cc(Br)cc1F. The first-order chi connectivity index (χ1) is 7.81. The Labute approximate surface area is 104 Å². The van der Waals surface area contributed by atoms with Crippen molar-refractivity contribution in [1.29, 1.82) is 0 Å². The Bertz CT molecular complexity index is 593. The van der Waals surface area contributed by atoms with Crippen molar-refractivity contribution < 1.29 is 23.0 Å². The number of aliphatic hydroxyl groups excluding tert-OH is 1. The monoisotopic (exact) mass is 324 g/mol. The third-order valence-corrected chi connectivity index (χ3v) is 3.69. The van der Waals surface area contributed by atoms with E-state index in [2.05, 4.69) is 15.9 Å². The molecule has 9 heteroatoms. The molecular formula is C8H6BrFN2O4S. The van der Waals surface area contributed by atoms with Crippen molar-refractivity contribution in [3.63, 3.8) is 0 Å². The lowest BCUT2D eigenvalue weighted by Crippen LogP contribution is -2.30. The van der Waals surface area contributed by atoms with Gasteiger partial charge >= 0.3 is 10.2 Å². The van der Waals surface area contributed by atoms with Crippen LogP contribution in [-0.2, 0) is 10.2 Å². The highest BCUT2D eigenvalue weighted by Crippen LogP contribution is 2.36. The van der Waals surface area contributed by atoms with Crippen LogP contribution in [0.15, 0.2) is 28.7 Å². The van der Waals surface area contributed by atoms with Gasteiger partial charge in [-0.1, -0.05) is 15.9 Å². The van der Waals surface area contributed by atoms with Crippen molar-refractivity contribution in [3.05, 3.63) is 34.5 Å². The molecule has 0 atom stereocenters. The molecule has 3 N–H and O–H groups in total. The van der Waals surface area contributed by atoms with Gasteiger partial charge in [-0.15, -0.1) is 0 Å². The second kappa shape index (κ2) is 3.77. The first-order valence-corrected chi connectivity index (χ1v) is 6.45. The molecule has 17 heavy (non-hydrogen) atoms. The highest BCUT2D eigenvalue weighted by Gasteiger charge is 2.32. The summed E-state index contributed by atoms with van der Waals surface area (Å²) in [6.45, 7) is 0. The first-order valence-electron chi connectivity index (χ1n) is 4.22. The standard InChI is InChI=1S/C8H6BrFN2O4S/c9-4-1-5(10)8(6(13)2-4)12-3-7(14)11-17(12,15)16/h1-3,11,13-14H. The van der Waals surface area contributed by atoms with Crippen molar-refractivity contribution in [1.82, 2.24) is 4.72 Å². The molecule has 0 fully saturated rings. The lowest BCUT2D eigenvalue weighted by Gasteiger charge is -2.16. The zero-order valence-electron chi connectivity index (χ0n) is 8.05. The molecular weight excluding hydrogens is 319 g/mol. The van der Waals surface area contributed by atoms with Gasteiger partial charge < -0.3 is 10.2 Å². The minimum Gasteiger partial charge on any atom is -0.506 e. The van der Waals surface area contributed by atoms with Crippen molar-refractivity contribution in [2.45, 2.75) is 0 Å². The van der Waals surface area contributed by atoms with Crippen LogP contribution >= 0.6 is 15.9 Å². The van der Waals surface area contributed by atoms with E-state index in [1.54, 1.807) is 4.72 Å². The fraction of sp³-hybridized carbons (Fsp3) is 0. The Kier molecular flexibility index (Phi) is 2.66. The number of halogens is 2. The molecule has 0 aromatic heterocycles. The number of aromatic hydroxyl groups is 1. The largest absolute Gasteiger partial charge is 0.506 e. The number of hydrogen-bond acceptors (Lipinski definition) is 4. The number of hydrogen-bond donors (Lipinski definition) is 3. The van der Waals surface area contributed by atoms with Gasteiger partial charge in [0.2, 0.25) is 5.88 Å². The number of benzene rings is 1. The minimum atomic E-state index is -4.12. The maximum absolute atomic E-state index is 13.6. The zero-order valence-corrected chi connectivity index (χ0v) is 10.5. The van der Waals surface area contributed by atoms with E-state index in [0.717, 1.165) is 18.3 Å². The number of phenols is 1. The average Bonchev–Trinajstić information content (AvgIpc) is 2.37. The minimum absolute atomic E-state index is 0.258. The zero-order chi connectivity index (χ0) is 12.8. The normalized spacial score (nSPS) is 17.8. The molecule has 0 amide bonds. The molecule has 6 nitrogen and oxygen atoms in total. The molecule has 1 aliphatic rings. The van der Waals surface area contributed by atoms with Crippen LogP contribution < -0.4 is 9.03 Å². The van der Waals surface area contributed by atoms with Gasteiger partial charge in [0.25, 0.3) is 0 Å². The molecule has 0 bridgehead atoms. The molecule has 0 unspecified atom stereocenters. The first kappa shape index (κ1) is 12.0. The number of aliphatic hydroxyl groups is 1. The average molecular weight is 325 g/mol. The summed E-state index contributed by atoms with van der Waals surface area (Å²) in [5.41, 5.74) is -0.565. The molecule has 1 aromatic carbocycles. The molecule has 0 saturated carbocycles. The third-order valence-electron chi connectivity index (χ3n) is 1.96. The van der Waals surface area contributed by atoms with E-state index in [4.69, 9.17) is 5.11 Å². The summed E-state index contributed by atoms with van der Waals surface area (Å²) in [7, 11) is -4.12. The number of nitrogens with zero attached hydrogens (tertiary/aromatic N) is 1. The fourth-order valence-electron chi connectivity index (χ4n) is 1.34.